The van der Waals surface area contributed by atoms with Crippen molar-refractivity contribution in [2.45, 2.75) is 39.2 Å². The Kier molecular flexibility index (Phi) is 3.04. The van der Waals surface area contributed by atoms with Gasteiger partial charge in [-0.3, -0.25) is 16.0 Å². The highest BCUT2D eigenvalue weighted by atomic mass is 15.3. The molecule has 0 bridgehead atoms. The Bertz CT molecular complexity index is 356. The highest BCUT2D eigenvalue weighted by Gasteiger charge is 2.40. The van der Waals surface area contributed by atoms with Gasteiger partial charge in [-0.05, 0) is 30.2 Å². The monoisotopic (exact) mass is 222 g/mol. The molecule has 0 radical (unpaired) electrons. The molecule has 0 aliphatic heterocycles. The highest BCUT2D eigenvalue weighted by molar-refractivity contribution is 5.10. The fourth-order valence-electron chi connectivity index (χ4n) is 3.07. The second-order valence-electron chi connectivity index (χ2n) is 5.51. The summed E-state index contributed by atoms with van der Waals surface area (Å²) in [5, 5.41) is 4.23. The molecule has 1 saturated carbocycles. The minimum Gasteiger partial charge on any atom is -0.271 e. The van der Waals surface area contributed by atoms with E-state index < -0.39 is 0 Å². The maximum Gasteiger partial charge on any atom is 0.0662 e. The predicted octanol–water partition coefficient (Wildman–Crippen LogP) is 1.75. The van der Waals surface area contributed by atoms with Gasteiger partial charge in [0.05, 0.1) is 11.7 Å². The summed E-state index contributed by atoms with van der Waals surface area (Å²) in [6, 6.07) is 2.27. The maximum absolute atomic E-state index is 5.74. The third kappa shape index (κ3) is 1.87. The molecule has 1 fully saturated rings. The number of aromatic nitrogens is 2. The van der Waals surface area contributed by atoms with E-state index in [0.717, 1.165) is 0 Å². The molecule has 2 unspecified atom stereocenters. The summed E-state index contributed by atoms with van der Waals surface area (Å²) in [5.41, 5.74) is 4.53. The van der Waals surface area contributed by atoms with Crippen LogP contribution in [0, 0.1) is 11.3 Å². The van der Waals surface area contributed by atoms with Crippen molar-refractivity contribution in [2.24, 2.45) is 24.2 Å². The molecule has 2 atom stereocenters. The van der Waals surface area contributed by atoms with Crippen LogP contribution >= 0.6 is 0 Å². The standard InChI is InChI=1S/C12H22N4/c1-12(2)7-4-5-9(12)11(15-13)10-6-8-14-16(10)3/h6,8-9,11,15H,4-5,7,13H2,1-3H3. The van der Waals surface area contributed by atoms with Crippen molar-refractivity contribution in [1.29, 1.82) is 0 Å². The number of nitrogens with zero attached hydrogens (tertiary/aromatic N) is 2. The Morgan fingerprint density at radius 3 is 2.81 bits per heavy atom. The molecule has 1 aromatic rings. The van der Waals surface area contributed by atoms with Gasteiger partial charge in [-0.25, -0.2) is 0 Å². The van der Waals surface area contributed by atoms with E-state index in [9.17, 15) is 0 Å². The Hall–Kier alpha value is -0.870. The smallest absolute Gasteiger partial charge is 0.0662 e. The van der Waals surface area contributed by atoms with Crippen molar-refractivity contribution in [3.8, 4) is 0 Å². The minimum absolute atomic E-state index is 0.213. The number of hydrogen-bond acceptors (Lipinski definition) is 3. The van der Waals surface area contributed by atoms with Gasteiger partial charge < -0.3 is 0 Å². The number of hydrazine groups is 1. The Labute approximate surface area is 97.2 Å². The van der Waals surface area contributed by atoms with Crippen molar-refractivity contribution in [2.75, 3.05) is 0 Å². The molecule has 16 heavy (non-hydrogen) atoms. The van der Waals surface area contributed by atoms with Crippen LogP contribution in [-0.2, 0) is 7.05 Å². The lowest BCUT2D eigenvalue weighted by Crippen LogP contribution is -2.38. The fraction of sp³-hybridized carbons (Fsp3) is 0.750. The van der Waals surface area contributed by atoms with Crippen molar-refractivity contribution in [3.05, 3.63) is 18.0 Å². The average molecular weight is 222 g/mol. The van der Waals surface area contributed by atoms with Gasteiger partial charge in [0, 0.05) is 13.2 Å². The Morgan fingerprint density at radius 2 is 2.38 bits per heavy atom. The van der Waals surface area contributed by atoms with E-state index in [0.29, 0.717) is 11.3 Å². The number of aryl methyl sites for hydroxylation is 1. The van der Waals surface area contributed by atoms with Crippen LogP contribution in [0.2, 0.25) is 0 Å². The minimum atomic E-state index is 0.213. The summed E-state index contributed by atoms with van der Waals surface area (Å²) in [5.74, 6) is 6.33. The van der Waals surface area contributed by atoms with Crippen LogP contribution in [-0.4, -0.2) is 9.78 Å². The summed E-state index contributed by atoms with van der Waals surface area (Å²) in [7, 11) is 1.97. The lowest BCUT2D eigenvalue weighted by molar-refractivity contribution is 0.192. The molecule has 2 rings (SSSR count). The van der Waals surface area contributed by atoms with Crippen LogP contribution in [0.15, 0.2) is 12.3 Å². The van der Waals surface area contributed by atoms with Gasteiger partial charge in [0.15, 0.2) is 0 Å². The molecule has 4 heteroatoms. The Balaban J connectivity index is 2.27. The van der Waals surface area contributed by atoms with Gasteiger partial charge in [-0.15, -0.1) is 0 Å². The van der Waals surface area contributed by atoms with Crippen LogP contribution in [0.1, 0.15) is 44.8 Å². The van der Waals surface area contributed by atoms with Crippen LogP contribution in [0.3, 0.4) is 0 Å². The van der Waals surface area contributed by atoms with E-state index >= 15 is 0 Å². The first kappa shape index (κ1) is 11.6. The SMILES string of the molecule is Cn1nccc1C(NN)C1CCCC1(C)C. The quantitative estimate of drug-likeness (QED) is 0.605. The molecule has 0 aromatic carbocycles. The molecular formula is C12H22N4. The molecule has 1 aliphatic carbocycles. The number of nitrogens with two attached hydrogens (primary N) is 1. The molecule has 90 valence electrons. The van der Waals surface area contributed by atoms with Crippen molar-refractivity contribution < 1.29 is 0 Å². The van der Waals surface area contributed by atoms with Crippen molar-refractivity contribution in [1.82, 2.24) is 15.2 Å². The molecule has 1 aromatic heterocycles. The average Bonchev–Trinajstić information content (AvgIpc) is 2.77. The molecule has 1 heterocycles. The van der Waals surface area contributed by atoms with Gasteiger partial charge in [0.25, 0.3) is 0 Å². The van der Waals surface area contributed by atoms with E-state index in [1.54, 1.807) is 0 Å². The molecule has 4 nitrogen and oxygen atoms in total. The highest BCUT2D eigenvalue weighted by Crippen LogP contribution is 2.48. The van der Waals surface area contributed by atoms with E-state index in [4.69, 9.17) is 5.84 Å². The maximum atomic E-state index is 5.74. The van der Waals surface area contributed by atoms with E-state index in [2.05, 4.69) is 30.4 Å². The summed E-state index contributed by atoms with van der Waals surface area (Å²) in [4.78, 5) is 0. The molecule has 0 saturated heterocycles. The van der Waals surface area contributed by atoms with Crippen LogP contribution < -0.4 is 11.3 Å². The van der Waals surface area contributed by atoms with Crippen LogP contribution in [0.4, 0.5) is 0 Å². The molecule has 1 aliphatic rings. The van der Waals surface area contributed by atoms with Crippen LogP contribution in [0.5, 0.6) is 0 Å². The predicted molar refractivity (Wildman–Crippen MR) is 64.4 cm³/mol. The zero-order chi connectivity index (χ0) is 11.8. The molecule has 3 N–H and O–H groups in total. The first-order valence-corrected chi connectivity index (χ1v) is 6.00. The van der Waals surface area contributed by atoms with Crippen molar-refractivity contribution >= 4 is 0 Å². The van der Waals surface area contributed by atoms with Crippen LogP contribution in [0.25, 0.3) is 0 Å². The lowest BCUT2D eigenvalue weighted by Gasteiger charge is -2.33. The van der Waals surface area contributed by atoms with E-state index in [1.165, 1.54) is 25.0 Å². The third-order valence-corrected chi connectivity index (χ3v) is 4.10. The molecular weight excluding hydrogens is 200 g/mol. The van der Waals surface area contributed by atoms with Gasteiger partial charge in [0.1, 0.15) is 0 Å². The summed E-state index contributed by atoms with van der Waals surface area (Å²) >= 11 is 0. The van der Waals surface area contributed by atoms with Crippen molar-refractivity contribution in [3.63, 3.8) is 0 Å². The summed E-state index contributed by atoms with van der Waals surface area (Å²) in [6.07, 6.45) is 5.66. The normalized spacial score (nSPS) is 25.9. The number of nitrogens with one attached hydrogen (secondary N) is 1. The first-order chi connectivity index (χ1) is 7.56. The van der Waals surface area contributed by atoms with Gasteiger partial charge >= 0.3 is 0 Å². The second kappa shape index (κ2) is 4.18. The van der Waals surface area contributed by atoms with E-state index in [1.807, 2.05) is 17.9 Å². The van der Waals surface area contributed by atoms with E-state index in [-0.39, 0.29) is 6.04 Å². The topological polar surface area (TPSA) is 55.9 Å². The first-order valence-electron chi connectivity index (χ1n) is 6.00. The zero-order valence-corrected chi connectivity index (χ0v) is 10.4. The summed E-state index contributed by atoms with van der Waals surface area (Å²) in [6.45, 7) is 4.68. The third-order valence-electron chi connectivity index (χ3n) is 4.10. The molecule has 0 amide bonds. The second-order valence-corrected chi connectivity index (χ2v) is 5.51. The Morgan fingerprint density at radius 1 is 1.62 bits per heavy atom. The number of hydrogen-bond donors (Lipinski definition) is 2. The van der Waals surface area contributed by atoms with Gasteiger partial charge in [0.2, 0.25) is 0 Å². The molecule has 0 spiro atoms. The largest absolute Gasteiger partial charge is 0.271 e. The van der Waals surface area contributed by atoms with Gasteiger partial charge in [-0.1, -0.05) is 20.3 Å². The lowest BCUT2D eigenvalue weighted by atomic mass is 9.77. The van der Waals surface area contributed by atoms with Gasteiger partial charge in [-0.2, -0.15) is 5.10 Å². The summed E-state index contributed by atoms with van der Waals surface area (Å²) < 4.78 is 1.92. The zero-order valence-electron chi connectivity index (χ0n) is 10.4. The fourth-order valence-corrected chi connectivity index (χ4v) is 3.07. The number of rotatable bonds is 3.